The minimum Gasteiger partial charge on any atom is -0.370 e. The normalized spacial score (nSPS) is 24.0. The van der Waals surface area contributed by atoms with Crippen LogP contribution in [-0.4, -0.2) is 39.2 Å². The smallest absolute Gasteiger partial charge is 0.128 e. The van der Waals surface area contributed by atoms with Crippen LogP contribution in [0, 0.1) is 11.3 Å². The molecule has 2 atom stereocenters. The van der Waals surface area contributed by atoms with E-state index in [4.69, 9.17) is 10.00 Å². The molecule has 0 amide bonds. The molecule has 4 rings (SSSR count). The highest BCUT2D eigenvalue weighted by molar-refractivity contribution is 5.42. The van der Waals surface area contributed by atoms with E-state index in [1.54, 1.807) is 18.5 Å². The predicted molar refractivity (Wildman–Crippen MR) is 73.4 cm³/mol. The summed E-state index contributed by atoms with van der Waals surface area (Å²) in [5, 5.41) is 17.0. The molecule has 1 saturated heterocycles. The van der Waals surface area contributed by atoms with Crippen molar-refractivity contribution in [1.82, 2.24) is 20.0 Å². The molecule has 1 fully saturated rings. The fraction of sp³-hybridized carbons (Fsp3) is 0.429. The molecule has 0 N–H and O–H groups in total. The molecule has 0 radical (unpaired) electrons. The molecule has 2 aliphatic heterocycles. The molecule has 0 bridgehead atoms. The van der Waals surface area contributed by atoms with Gasteiger partial charge in [-0.1, -0.05) is 5.21 Å². The summed E-state index contributed by atoms with van der Waals surface area (Å²) >= 11 is 0. The molecule has 2 aliphatic rings. The van der Waals surface area contributed by atoms with Crippen molar-refractivity contribution < 1.29 is 4.74 Å². The van der Waals surface area contributed by atoms with Gasteiger partial charge in [0, 0.05) is 19.3 Å². The first kappa shape index (κ1) is 12.3. The highest BCUT2D eigenvalue weighted by atomic mass is 16.5. The molecule has 0 unspecified atom stereocenters. The van der Waals surface area contributed by atoms with E-state index in [1.807, 2.05) is 10.7 Å². The third-order valence-corrected chi connectivity index (χ3v) is 4.13. The van der Waals surface area contributed by atoms with Crippen molar-refractivity contribution in [2.75, 3.05) is 18.0 Å². The third kappa shape index (κ3) is 2.04. The number of hydrogen-bond donors (Lipinski definition) is 0. The maximum absolute atomic E-state index is 8.84. The summed E-state index contributed by atoms with van der Waals surface area (Å²) in [5.74, 6) is 0.889. The van der Waals surface area contributed by atoms with E-state index in [2.05, 4.69) is 26.3 Å². The number of anilines is 1. The zero-order valence-electron chi connectivity index (χ0n) is 11.4. The van der Waals surface area contributed by atoms with Crippen LogP contribution in [0.4, 0.5) is 5.82 Å². The van der Waals surface area contributed by atoms with Crippen LogP contribution in [0.5, 0.6) is 0 Å². The minimum absolute atomic E-state index is 0.169. The van der Waals surface area contributed by atoms with Gasteiger partial charge in [0.2, 0.25) is 0 Å². The second-order valence-electron chi connectivity index (χ2n) is 5.34. The topological polar surface area (TPSA) is 79.9 Å². The fourth-order valence-corrected chi connectivity index (χ4v) is 3.03. The first-order valence-corrected chi connectivity index (χ1v) is 6.97. The standard InChI is InChI=1S/C14H14N6O/c15-5-10-1-2-14(16-6-10)19-4-3-13-12(8-19)20-11(9-21-13)7-17-18-20/h1-2,6-7,12-13H,3-4,8-9H2/t12-,13+/m1/s1. The summed E-state index contributed by atoms with van der Waals surface area (Å²) in [6.45, 7) is 2.27. The number of nitrogens with zero attached hydrogens (tertiary/aromatic N) is 6. The molecule has 0 saturated carbocycles. The molecule has 0 spiro atoms. The van der Waals surface area contributed by atoms with E-state index in [0.717, 1.165) is 31.0 Å². The molecule has 2 aromatic heterocycles. The van der Waals surface area contributed by atoms with Crippen LogP contribution in [-0.2, 0) is 11.3 Å². The number of hydrogen-bond acceptors (Lipinski definition) is 6. The Bertz CT molecular complexity index is 688. The minimum atomic E-state index is 0.169. The maximum atomic E-state index is 8.84. The summed E-state index contributed by atoms with van der Waals surface area (Å²) in [7, 11) is 0. The number of piperidine rings is 1. The van der Waals surface area contributed by atoms with Crippen molar-refractivity contribution in [3.63, 3.8) is 0 Å². The van der Waals surface area contributed by atoms with Gasteiger partial charge in [0.15, 0.2) is 0 Å². The number of nitriles is 1. The highest BCUT2D eigenvalue weighted by Gasteiger charge is 2.36. The van der Waals surface area contributed by atoms with Gasteiger partial charge in [-0.2, -0.15) is 5.26 Å². The summed E-state index contributed by atoms with van der Waals surface area (Å²) in [6, 6.07) is 5.95. The second-order valence-corrected chi connectivity index (χ2v) is 5.34. The van der Waals surface area contributed by atoms with E-state index in [-0.39, 0.29) is 12.1 Å². The van der Waals surface area contributed by atoms with Crippen molar-refractivity contribution in [1.29, 1.82) is 5.26 Å². The van der Waals surface area contributed by atoms with E-state index in [1.165, 1.54) is 0 Å². The monoisotopic (exact) mass is 282 g/mol. The quantitative estimate of drug-likeness (QED) is 0.773. The SMILES string of the molecule is N#Cc1ccc(N2CC[C@@H]3OCc4cnnn4[C@@H]3C2)nc1. The van der Waals surface area contributed by atoms with Crippen molar-refractivity contribution >= 4 is 5.82 Å². The van der Waals surface area contributed by atoms with Crippen LogP contribution >= 0.6 is 0 Å². The molecular formula is C14H14N6O. The van der Waals surface area contributed by atoms with Crippen molar-refractivity contribution in [2.24, 2.45) is 0 Å². The van der Waals surface area contributed by atoms with Crippen molar-refractivity contribution in [3.8, 4) is 6.07 Å². The summed E-state index contributed by atoms with van der Waals surface area (Å²) in [4.78, 5) is 6.58. The van der Waals surface area contributed by atoms with Crippen LogP contribution < -0.4 is 4.90 Å². The largest absolute Gasteiger partial charge is 0.370 e. The molecule has 7 nitrogen and oxygen atoms in total. The zero-order chi connectivity index (χ0) is 14.2. The Hall–Kier alpha value is -2.46. The number of ether oxygens (including phenoxy) is 1. The van der Waals surface area contributed by atoms with Gasteiger partial charge in [-0.3, -0.25) is 0 Å². The number of aromatic nitrogens is 4. The van der Waals surface area contributed by atoms with Crippen LogP contribution in [0.1, 0.15) is 23.7 Å². The molecule has 106 valence electrons. The van der Waals surface area contributed by atoms with E-state index in [9.17, 15) is 0 Å². The van der Waals surface area contributed by atoms with Gasteiger partial charge in [-0.05, 0) is 18.6 Å². The van der Waals surface area contributed by atoms with Gasteiger partial charge in [0.05, 0.1) is 36.2 Å². The Balaban J connectivity index is 1.59. The lowest BCUT2D eigenvalue weighted by Crippen LogP contribution is -2.48. The lowest BCUT2D eigenvalue weighted by Gasteiger charge is -2.41. The van der Waals surface area contributed by atoms with Crippen LogP contribution in [0.2, 0.25) is 0 Å². The Morgan fingerprint density at radius 3 is 3.10 bits per heavy atom. The fourth-order valence-electron chi connectivity index (χ4n) is 3.03. The summed E-state index contributed by atoms with van der Waals surface area (Å²) in [6.07, 6.45) is 4.49. The van der Waals surface area contributed by atoms with Crippen LogP contribution in [0.15, 0.2) is 24.5 Å². The van der Waals surface area contributed by atoms with Crippen LogP contribution in [0.3, 0.4) is 0 Å². The van der Waals surface area contributed by atoms with Crippen molar-refractivity contribution in [2.45, 2.75) is 25.2 Å². The summed E-state index contributed by atoms with van der Waals surface area (Å²) < 4.78 is 7.87. The average Bonchev–Trinajstić information content (AvgIpc) is 3.03. The molecule has 2 aromatic rings. The molecule has 7 heteroatoms. The van der Waals surface area contributed by atoms with Gasteiger partial charge in [0.1, 0.15) is 11.9 Å². The lowest BCUT2D eigenvalue weighted by atomic mass is 10.0. The zero-order valence-corrected chi connectivity index (χ0v) is 11.4. The molecule has 4 heterocycles. The van der Waals surface area contributed by atoms with Gasteiger partial charge in [0.25, 0.3) is 0 Å². The first-order chi connectivity index (χ1) is 10.3. The van der Waals surface area contributed by atoms with E-state index >= 15 is 0 Å². The van der Waals surface area contributed by atoms with Gasteiger partial charge in [-0.25, -0.2) is 9.67 Å². The Morgan fingerprint density at radius 2 is 2.29 bits per heavy atom. The first-order valence-electron chi connectivity index (χ1n) is 6.97. The number of pyridine rings is 1. The van der Waals surface area contributed by atoms with Crippen molar-refractivity contribution in [3.05, 3.63) is 35.8 Å². The molecule has 0 aliphatic carbocycles. The van der Waals surface area contributed by atoms with E-state index < -0.39 is 0 Å². The molecule has 0 aromatic carbocycles. The van der Waals surface area contributed by atoms with Gasteiger partial charge >= 0.3 is 0 Å². The Morgan fingerprint density at radius 1 is 1.33 bits per heavy atom. The second kappa shape index (κ2) is 4.82. The Labute approximate surface area is 121 Å². The van der Waals surface area contributed by atoms with E-state index in [0.29, 0.717) is 12.2 Å². The number of fused-ring (bicyclic) bond motifs is 3. The maximum Gasteiger partial charge on any atom is 0.128 e. The molecule has 21 heavy (non-hydrogen) atoms. The third-order valence-electron chi connectivity index (χ3n) is 4.13. The highest BCUT2D eigenvalue weighted by Crippen LogP contribution is 2.31. The van der Waals surface area contributed by atoms with Crippen LogP contribution in [0.25, 0.3) is 0 Å². The Kier molecular flexibility index (Phi) is 2.82. The molecular weight excluding hydrogens is 268 g/mol. The lowest BCUT2D eigenvalue weighted by molar-refractivity contribution is -0.0373. The average molecular weight is 282 g/mol. The van der Waals surface area contributed by atoms with Gasteiger partial charge in [-0.15, -0.1) is 5.10 Å². The van der Waals surface area contributed by atoms with Gasteiger partial charge < -0.3 is 9.64 Å². The summed E-state index contributed by atoms with van der Waals surface area (Å²) in [5.41, 5.74) is 1.60. The predicted octanol–water partition coefficient (Wildman–Crippen LogP) is 0.895. The number of rotatable bonds is 1.